The Bertz CT molecular complexity index is 864. The van der Waals surface area contributed by atoms with Gasteiger partial charge in [0.2, 0.25) is 15.9 Å². The average molecular weight is 362 g/mol. The quantitative estimate of drug-likeness (QED) is 0.889. The van der Waals surface area contributed by atoms with Gasteiger partial charge in [-0.15, -0.1) is 0 Å². The molecular formula is C18H19FN2O3S. The van der Waals surface area contributed by atoms with Crippen LogP contribution in [0.2, 0.25) is 0 Å². The van der Waals surface area contributed by atoms with Crippen LogP contribution < -0.4 is 9.62 Å². The summed E-state index contributed by atoms with van der Waals surface area (Å²) in [7, 11) is -3.72. The van der Waals surface area contributed by atoms with Gasteiger partial charge in [0, 0.05) is 24.7 Å². The van der Waals surface area contributed by atoms with Gasteiger partial charge in [-0.1, -0.05) is 12.1 Å². The first-order chi connectivity index (χ1) is 11.9. The summed E-state index contributed by atoms with van der Waals surface area (Å²) in [6, 6.07) is 11.4. The highest BCUT2D eigenvalue weighted by molar-refractivity contribution is 7.89. The average Bonchev–Trinajstić information content (AvgIpc) is 3.01. The smallest absolute Gasteiger partial charge is 0.241 e. The van der Waals surface area contributed by atoms with E-state index in [-0.39, 0.29) is 16.6 Å². The van der Waals surface area contributed by atoms with Gasteiger partial charge in [0.1, 0.15) is 5.82 Å². The van der Waals surface area contributed by atoms with Crippen molar-refractivity contribution in [1.82, 2.24) is 4.72 Å². The van der Waals surface area contributed by atoms with E-state index in [1.54, 1.807) is 36.1 Å². The molecule has 1 unspecified atom stereocenters. The Morgan fingerprint density at radius 2 is 1.72 bits per heavy atom. The minimum Gasteiger partial charge on any atom is -0.312 e. The van der Waals surface area contributed by atoms with E-state index in [0.29, 0.717) is 24.2 Å². The number of carbonyl (C=O) groups excluding carboxylic acids is 1. The number of nitrogens with one attached hydrogen (secondary N) is 1. The third kappa shape index (κ3) is 3.88. The molecule has 1 amide bonds. The van der Waals surface area contributed by atoms with Gasteiger partial charge in [0.15, 0.2) is 0 Å². The van der Waals surface area contributed by atoms with E-state index in [4.69, 9.17) is 0 Å². The van der Waals surface area contributed by atoms with Crippen LogP contribution in [-0.2, 0) is 14.8 Å². The molecule has 1 heterocycles. The van der Waals surface area contributed by atoms with Gasteiger partial charge >= 0.3 is 0 Å². The molecule has 0 radical (unpaired) electrons. The second-order valence-corrected chi connectivity index (χ2v) is 7.75. The lowest BCUT2D eigenvalue weighted by Crippen LogP contribution is -2.27. The number of sulfonamides is 1. The van der Waals surface area contributed by atoms with Gasteiger partial charge in [0.05, 0.1) is 4.90 Å². The fraction of sp³-hybridized carbons (Fsp3) is 0.278. The summed E-state index contributed by atoms with van der Waals surface area (Å²) in [6.07, 6.45) is 1.34. The summed E-state index contributed by atoms with van der Waals surface area (Å²) in [5.41, 5.74) is 1.37. The van der Waals surface area contributed by atoms with E-state index in [1.807, 2.05) is 0 Å². The molecule has 1 aliphatic rings. The molecule has 3 rings (SSSR count). The van der Waals surface area contributed by atoms with Gasteiger partial charge in [-0.25, -0.2) is 17.5 Å². The Labute approximate surface area is 146 Å². The van der Waals surface area contributed by atoms with Gasteiger partial charge < -0.3 is 4.90 Å². The highest BCUT2D eigenvalue weighted by Gasteiger charge is 2.23. The molecule has 25 heavy (non-hydrogen) atoms. The Morgan fingerprint density at radius 1 is 1.08 bits per heavy atom. The molecule has 0 saturated carbocycles. The molecule has 2 aromatic carbocycles. The lowest BCUT2D eigenvalue weighted by atomic mass is 10.1. The van der Waals surface area contributed by atoms with E-state index in [0.717, 1.165) is 6.42 Å². The van der Waals surface area contributed by atoms with E-state index in [1.165, 1.54) is 24.3 Å². The maximum Gasteiger partial charge on any atom is 0.241 e. The first-order valence-corrected chi connectivity index (χ1v) is 9.53. The highest BCUT2D eigenvalue weighted by atomic mass is 32.2. The van der Waals surface area contributed by atoms with Crippen LogP contribution in [0.3, 0.4) is 0 Å². The maximum absolute atomic E-state index is 13.0. The lowest BCUT2D eigenvalue weighted by molar-refractivity contribution is -0.117. The third-order valence-electron chi connectivity index (χ3n) is 4.23. The summed E-state index contributed by atoms with van der Waals surface area (Å²) in [6.45, 7) is 2.35. The second kappa shape index (κ2) is 6.93. The topological polar surface area (TPSA) is 66.5 Å². The van der Waals surface area contributed by atoms with E-state index < -0.39 is 16.1 Å². The fourth-order valence-electron chi connectivity index (χ4n) is 2.85. The zero-order chi connectivity index (χ0) is 18.0. The second-order valence-electron chi connectivity index (χ2n) is 6.04. The summed E-state index contributed by atoms with van der Waals surface area (Å²) >= 11 is 0. The van der Waals surface area contributed by atoms with Crippen molar-refractivity contribution in [2.75, 3.05) is 11.4 Å². The monoisotopic (exact) mass is 362 g/mol. The lowest BCUT2D eigenvalue weighted by Gasteiger charge is -2.17. The Kier molecular flexibility index (Phi) is 4.87. The van der Waals surface area contributed by atoms with Crippen LogP contribution >= 0.6 is 0 Å². The highest BCUT2D eigenvalue weighted by Crippen LogP contribution is 2.24. The fourth-order valence-corrected chi connectivity index (χ4v) is 4.08. The largest absolute Gasteiger partial charge is 0.312 e. The molecule has 5 nitrogen and oxygen atoms in total. The number of amides is 1. The van der Waals surface area contributed by atoms with Crippen molar-refractivity contribution >= 4 is 21.6 Å². The van der Waals surface area contributed by atoms with Crippen molar-refractivity contribution in [2.24, 2.45) is 0 Å². The zero-order valence-corrected chi connectivity index (χ0v) is 14.6. The molecule has 0 bridgehead atoms. The number of nitrogens with zero attached hydrogens (tertiary/aromatic N) is 1. The number of carbonyl (C=O) groups is 1. The molecule has 7 heteroatoms. The first-order valence-electron chi connectivity index (χ1n) is 8.05. The molecule has 0 aromatic heterocycles. The number of rotatable bonds is 5. The number of anilines is 1. The molecule has 132 valence electrons. The molecular weight excluding hydrogens is 343 g/mol. The molecule has 1 atom stereocenters. The summed E-state index contributed by atoms with van der Waals surface area (Å²) in [5.74, 6) is -0.315. The Hall–Kier alpha value is -2.25. The molecule has 1 saturated heterocycles. The van der Waals surface area contributed by atoms with Gasteiger partial charge in [-0.3, -0.25) is 4.79 Å². The predicted molar refractivity (Wildman–Crippen MR) is 93.2 cm³/mol. The minimum absolute atomic E-state index is 0.0543. The van der Waals surface area contributed by atoms with Gasteiger partial charge in [0.25, 0.3) is 0 Å². The molecule has 1 aliphatic heterocycles. The van der Waals surface area contributed by atoms with Gasteiger partial charge in [-0.2, -0.15) is 0 Å². The van der Waals surface area contributed by atoms with Crippen molar-refractivity contribution in [1.29, 1.82) is 0 Å². The number of hydrogen-bond acceptors (Lipinski definition) is 3. The third-order valence-corrected chi connectivity index (χ3v) is 5.79. The zero-order valence-electron chi connectivity index (χ0n) is 13.8. The van der Waals surface area contributed by atoms with Crippen LogP contribution in [-0.4, -0.2) is 20.9 Å². The normalized spacial score (nSPS) is 16.2. The van der Waals surface area contributed by atoms with Crippen LogP contribution in [0.15, 0.2) is 53.4 Å². The number of benzene rings is 2. The van der Waals surface area contributed by atoms with Crippen molar-refractivity contribution < 1.29 is 17.6 Å². The molecule has 1 fully saturated rings. The van der Waals surface area contributed by atoms with Crippen LogP contribution in [0.25, 0.3) is 0 Å². The van der Waals surface area contributed by atoms with Crippen molar-refractivity contribution in [3.8, 4) is 0 Å². The van der Waals surface area contributed by atoms with Gasteiger partial charge in [-0.05, 0) is 55.3 Å². The van der Waals surface area contributed by atoms with E-state index in [2.05, 4.69) is 4.72 Å². The summed E-state index contributed by atoms with van der Waals surface area (Å²) < 4.78 is 40.6. The minimum atomic E-state index is -3.72. The standard InChI is InChI=1S/C18H19FN2O3S/c1-13(14-4-6-15(19)7-5-14)20-25(23,24)17-10-8-16(9-11-17)21-12-2-3-18(21)22/h4-11,13,20H,2-3,12H2,1H3. The SMILES string of the molecule is CC(NS(=O)(=O)c1ccc(N2CCCC2=O)cc1)c1ccc(F)cc1. The molecule has 2 aromatic rings. The number of hydrogen-bond donors (Lipinski definition) is 1. The Morgan fingerprint density at radius 3 is 2.28 bits per heavy atom. The van der Waals surface area contributed by atoms with Crippen molar-refractivity contribution in [2.45, 2.75) is 30.7 Å². The van der Waals surface area contributed by atoms with Crippen LogP contribution in [0.5, 0.6) is 0 Å². The molecule has 1 N–H and O–H groups in total. The van der Waals surface area contributed by atoms with E-state index in [9.17, 15) is 17.6 Å². The van der Waals surface area contributed by atoms with Crippen molar-refractivity contribution in [3.05, 3.63) is 59.9 Å². The summed E-state index contributed by atoms with van der Waals surface area (Å²) in [5, 5.41) is 0. The summed E-state index contributed by atoms with van der Waals surface area (Å²) in [4.78, 5) is 13.5. The predicted octanol–water partition coefficient (Wildman–Crippen LogP) is 2.99. The van der Waals surface area contributed by atoms with Crippen molar-refractivity contribution in [3.63, 3.8) is 0 Å². The first kappa shape index (κ1) is 17.6. The number of halogens is 1. The molecule has 0 spiro atoms. The van der Waals surface area contributed by atoms with Crippen LogP contribution in [0, 0.1) is 5.82 Å². The van der Waals surface area contributed by atoms with E-state index >= 15 is 0 Å². The van der Waals surface area contributed by atoms with Crippen LogP contribution in [0.4, 0.5) is 10.1 Å². The van der Waals surface area contributed by atoms with Crippen LogP contribution in [0.1, 0.15) is 31.4 Å². The maximum atomic E-state index is 13.0. The Balaban J connectivity index is 1.75. The molecule has 0 aliphatic carbocycles.